The van der Waals surface area contributed by atoms with Gasteiger partial charge in [-0.25, -0.2) is 0 Å². The number of methoxy groups -OCH3 is 1. The van der Waals surface area contributed by atoms with Gasteiger partial charge >= 0.3 is 1.43 Å². The molecule has 0 amide bonds. The second kappa shape index (κ2) is 2.36. The van der Waals surface area contributed by atoms with Gasteiger partial charge in [0.1, 0.15) is 5.75 Å². The molecule has 0 bridgehead atoms. The maximum atomic E-state index is 4.86. The topological polar surface area (TPSA) is 9.23 Å². The molecule has 1 heteroatoms. The Kier molecular flexibility index (Phi) is 1.52. The van der Waals surface area contributed by atoms with Crippen molar-refractivity contribution in [3.05, 3.63) is 30.3 Å². The molecule has 0 saturated carbocycles. The largest absolute Gasteiger partial charge is 1.00 e. The van der Waals surface area contributed by atoms with Crippen LogP contribution in [0.15, 0.2) is 24.3 Å². The number of hydrogen-bond acceptors (Lipinski definition) is 1. The summed E-state index contributed by atoms with van der Waals surface area (Å²) in [5.74, 6) is 0.785. The van der Waals surface area contributed by atoms with E-state index in [1.165, 1.54) is 0 Å². The van der Waals surface area contributed by atoms with Crippen molar-refractivity contribution in [1.82, 2.24) is 0 Å². The summed E-state index contributed by atoms with van der Waals surface area (Å²) in [6.45, 7) is 0. The van der Waals surface area contributed by atoms with Crippen molar-refractivity contribution in [2.75, 3.05) is 7.11 Å². The van der Waals surface area contributed by atoms with Crippen molar-refractivity contribution in [2.24, 2.45) is 0 Å². The SMILES string of the molecule is COc1[c]cccc1.[H+]. The Morgan fingerprint density at radius 2 is 2.50 bits per heavy atom. The van der Waals surface area contributed by atoms with Crippen LogP contribution in [0.2, 0.25) is 0 Å². The molecule has 0 aliphatic rings. The van der Waals surface area contributed by atoms with Crippen molar-refractivity contribution in [3.63, 3.8) is 0 Å². The summed E-state index contributed by atoms with van der Waals surface area (Å²) in [7, 11) is 1.63. The lowest BCUT2D eigenvalue weighted by Gasteiger charge is -1.93. The molecule has 1 aromatic rings. The number of rotatable bonds is 1. The summed E-state index contributed by atoms with van der Waals surface area (Å²) in [6.07, 6.45) is 0. The average Bonchev–Trinajstić information content (AvgIpc) is 1.90. The Bertz CT molecular complexity index is 150. The van der Waals surface area contributed by atoms with Crippen LogP contribution < -0.4 is 4.74 Å². The number of ether oxygens (including phenoxy) is 1. The van der Waals surface area contributed by atoms with Gasteiger partial charge in [0.2, 0.25) is 0 Å². The zero-order valence-electron chi connectivity index (χ0n) is 5.72. The van der Waals surface area contributed by atoms with E-state index in [2.05, 4.69) is 6.07 Å². The maximum Gasteiger partial charge on any atom is 1.00 e. The highest BCUT2D eigenvalue weighted by atomic mass is 16.5. The molecule has 0 atom stereocenters. The Morgan fingerprint density at radius 3 is 2.88 bits per heavy atom. The molecule has 1 aromatic carbocycles. The molecule has 0 N–H and O–H groups in total. The molecule has 8 heavy (non-hydrogen) atoms. The van der Waals surface area contributed by atoms with Crippen molar-refractivity contribution >= 4 is 0 Å². The van der Waals surface area contributed by atoms with E-state index < -0.39 is 0 Å². The molecule has 0 aromatic heterocycles. The summed E-state index contributed by atoms with van der Waals surface area (Å²) in [5, 5.41) is 0. The molecule has 1 radical (unpaired) electrons. The highest BCUT2D eigenvalue weighted by Gasteiger charge is 1.81. The molecule has 0 saturated heterocycles. The maximum absolute atomic E-state index is 4.86. The molecule has 0 heterocycles. The van der Waals surface area contributed by atoms with E-state index in [0.717, 1.165) is 5.75 Å². The molecule has 1 rings (SSSR count). The van der Waals surface area contributed by atoms with Crippen LogP contribution in [0.5, 0.6) is 5.75 Å². The number of benzene rings is 1. The van der Waals surface area contributed by atoms with Crippen LogP contribution in [-0.4, -0.2) is 7.11 Å². The van der Waals surface area contributed by atoms with Gasteiger partial charge in [-0.3, -0.25) is 0 Å². The first-order chi connectivity index (χ1) is 3.93. The normalized spacial score (nSPS) is 8.62. The summed E-state index contributed by atoms with van der Waals surface area (Å²) < 4.78 is 4.86. The molecule has 0 aliphatic heterocycles. The molecule has 0 spiro atoms. The van der Waals surface area contributed by atoms with Crippen LogP contribution in [0.1, 0.15) is 1.43 Å². The van der Waals surface area contributed by atoms with Crippen LogP contribution in [0.4, 0.5) is 0 Å². The van der Waals surface area contributed by atoms with E-state index in [4.69, 9.17) is 4.74 Å². The highest BCUT2D eigenvalue weighted by Crippen LogP contribution is 2.04. The molecule has 1 nitrogen and oxygen atoms in total. The predicted molar refractivity (Wildman–Crippen MR) is 32.9 cm³/mol. The molecule has 0 fully saturated rings. The van der Waals surface area contributed by atoms with Crippen molar-refractivity contribution < 1.29 is 6.16 Å². The lowest BCUT2D eigenvalue weighted by molar-refractivity contribution is 0.414. The van der Waals surface area contributed by atoms with E-state index >= 15 is 0 Å². The Hall–Kier alpha value is -0.980. The van der Waals surface area contributed by atoms with Crippen LogP contribution >= 0.6 is 0 Å². The van der Waals surface area contributed by atoms with Gasteiger partial charge in [0.15, 0.2) is 0 Å². The Labute approximate surface area is 50.4 Å². The molecule has 0 aliphatic carbocycles. The Balaban J connectivity index is 0.000000640. The third-order valence-electron chi connectivity index (χ3n) is 0.900. The fourth-order valence-electron chi connectivity index (χ4n) is 0.504. The van der Waals surface area contributed by atoms with Gasteiger partial charge in [-0.1, -0.05) is 18.2 Å². The Morgan fingerprint density at radius 1 is 1.62 bits per heavy atom. The zero-order chi connectivity index (χ0) is 5.82. The minimum atomic E-state index is 0. The van der Waals surface area contributed by atoms with Gasteiger partial charge in [0.05, 0.1) is 7.11 Å². The molecule has 41 valence electrons. The van der Waals surface area contributed by atoms with Gasteiger partial charge in [-0.05, 0) is 6.07 Å². The van der Waals surface area contributed by atoms with E-state index in [1.807, 2.05) is 24.3 Å². The molecular formula is C7H8O+. The van der Waals surface area contributed by atoms with Crippen molar-refractivity contribution in [3.8, 4) is 5.75 Å². The minimum Gasteiger partial charge on any atom is -0.496 e. The quantitative estimate of drug-likeness (QED) is 0.531. The first-order valence-electron chi connectivity index (χ1n) is 2.44. The van der Waals surface area contributed by atoms with E-state index in [-0.39, 0.29) is 1.43 Å². The fourth-order valence-corrected chi connectivity index (χ4v) is 0.504. The van der Waals surface area contributed by atoms with E-state index in [9.17, 15) is 0 Å². The summed E-state index contributed by atoms with van der Waals surface area (Å²) in [5.41, 5.74) is 0. The minimum absolute atomic E-state index is 0. The van der Waals surface area contributed by atoms with Crippen molar-refractivity contribution in [2.45, 2.75) is 0 Å². The summed E-state index contributed by atoms with van der Waals surface area (Å²) in [4.78, 5) is 0. The third-order valence-corrected chi connectivity index (χ3v) is 0.900. The highest BCUT2D eigenvalue weighted by molar-refractivity contribution is 5.18. The first-order valence-corrected chi connectivity index (χ1v) is 2.44. The van der Waals surface area contributed by atoms with Crippen LogP contribution in [0, 0.1) is 6.07 Å². The third kappa shape index (κ3) is 0.997. The van der Waals surface area contributed by atoms with Crippen molar-refractivity contribution in [1.29, 1.82) is 0 Å². The lowest BCUT2D eigenvalue weighted by atomic mass is 10.3. The standard InChI is InChI=1S/C7H7O/c1-8-7-5-3-2-4-6-7/h2-5H,1H3/p+1. The molecular weight excluding hydrogens is 100 g/mol. The smallest absolute Gasteiger partial charge is 0.496 e. The van der Waals surface area contributed by atoms with Gasteiger partial charge in [-0.2, -0.15) is 0 Å². The number of hydrogen-bond donors (Lipinski definition) is 0. The van der Waals surface area contributed by atoms with Gasteiger partial charge in [-0.15, -0.1) is 0 Å². The second-order valence-electron chi connectivity index (χ2n) is 1.43. The number of para-hydroxylation sites is 1. The van der Waals surface area contributed by atoms with Gasteiger partial charge in [0.25, 0.3) is 0 Å². The predicted octanol–water partition coefficient (Wildman–Crippen LogP) is 1.61. The first kappa shape index (κ1) is 5.16. The van der Waals surface area contributed by atoms with Gasteiger partial charge < -0.3 is 4.74 Å². The zero-order valence-corrected chi connectivity index (χ0v) is 4.72. The monoisotopic (exact) mass is 108 g/mol. The lowest BCUT2D eigenvalue weighted by Crippen LogP contribution is -1.79. The van der Waals surface area contributed by atoms with E-state index in [0.29, 0.717) is 0 Å². The summed E-state index contributed by atoms with van der Waals surface area (Å²) in [6, 6.07) is 10.4. The van der Waals surface area contributed by atoms with Crippen LogP contribution in [0.3, 0.4) is 0 Å². The van der Waals surface area contributed by atoms with E-state index in [1.54, 1.807) is 7.11 Å². The second-order valence-corrected chi connectivity index (χ2v) is 1.43. The fraction of sp³-hybridized carbons (Fsp3) is 0.143. The van der Waals surface area contributed by atoms with Gasteiger partial charge in [0, 0.05) is 6.07 Å². The average molecular weight is 108 g/mol. The van der Waals surface area contributed by atoms with Crippen LogP contribution in [-0.2, 0) is 0 Å². The summed E-state index contributed by atoms with van der Waals surface area (Å²) >= 11 is 0. The molecule has 0 unspecified atom stereocenters. The van der Waals surface area contributed by atoms with Crippen LogP contribution in [0.25, 0.3) is 0 Å².